The second kappa shape index (κ2) is 5.81. The van der Waals surface area contributed by atoms with Crippen molar-refractivity contribution in [2.75, 3.05) is 18.0 Å². The van der Waals surface area contributed by atoms with Gasteiger partial charge in [0.05, 0.1) is 17.7 Å². The topological polar surface area (TPSA) is 83.6 Å². The summed E-state index contributed by atoms with van der Waals surface area (Å²) in [6.45, 7) is 1.30. The molecule has 1 aromatic rings. The summed E-state index contributed by atoms with van der Waals surface area (Å²) >= 11 is 0. The number of hydrogen-bond donors (Lipinski definition) is 2. The molecular weight excluding hydrogens is 277 g/mol. The van der Waals surface area contributed by atoms with E-state index >= 15 is 0 Å². The van der Waals surface area contributed by atoms with Gasteiger partial charge in [0.1, 0.15) is 0 Å². The second-order valence-electron chi connectivity index (χ2n) is 4.02. The van der Waals surface area contributed by atoms with Crippen molar-refractivity contribution in [3.05, 3.63) is 29.3 Å². The average molecular weight is 290 g/mol. The van der Waals surface area contributed by atoms with Gasteiger partial charge in [0.2, 0.25) is 5.91 Å². The molecule has 5 nitrogen and oxygen atoms in total. The zero-order chi connectivity index (χ0) is 15.5. The molecule has 0 aliphatic heterocycles. The van der Waals surface area contributed by atoms with Crippen LogP contribution >= 0.6 is 0 Å². The molecule has 0 unspecified atom stereocenters. The third-order valence-corrected chi connectivity index (χ3v) is 2.62. The highest BCUT2D eigenvalue weighted by atomic mass is 19.4. The lowest BCUT2D eigenvalue weighted by Crippen LogP contribution is -2.35. The lowest BCUT2D eigenvalue weighted by Gasteiger charge is -2.25. The largest absolute Gasteiger partial charge is 0.478 e. The van der Waals surface area contributed by atoms with E-state index in [4.69, 9.17) is 10.8 Å². The summed E-state index contributed by atoms with van der Waals surface area (Å²) in [6, 6.07) is 2.62. The Bertz CT molecular complexity index is 529. The number of carbonyl (C=O) groups is 2. The molecular formula is C12H13F3N2O3. The normalized spacial score (nSPS) is 11.2. The van der Waals surface area contributed by atoms with Gasteiger partial charge in [-0.2, -0.15) is 13.2 Å². The number of anilines is 1. The molecule has 0 aliphatic rings. The first kappa shape index (κ1) is 15.8. The van der Waals surface area contributed by atoms with Gasteiger partial charge < -0.3 is 15.7 Å². The van der Waals surface area contributed by atoms with Crippen molar-refractivity contribution >= 4 is 17.6 Å². The zero-order valence-corrected chi connectivity index (χ0v) is 10.6. The molecule has 8 heteroatoms. The number of aromatic carboxylic acids is 1. The minimum Gasteiger partial charge on any atom is -0.478 e. The van der Waals surface area contributed by atoms with Gasteiger partial charge in [-0.15, -0.1) is 0 Å². The standard InChI is InChI=1S/C12H13F3N2O3/c1-2-17(6-10(16)18)9-4-3-7(11(19)20)5-8(9)12(13,14)15/h3-5H,2,6H2,1H3,(H2,16,18)(H,19,20). The molecule has 110 valence electrons. The Balaban J connectivity index is 3.37. The summed E-state index contributed by atoms with van der Waals surface area (Å²) in [6.07, 6.45) is -4.73. The molecule has 20 heavy (non-hydrogen) atoms. The summed E-state index contributed by atoms with van der Waals surface area (Å²) < 4.78 is 39.0. The Kier molecular flexibility index (Phi) is 4.59. The summed E-state index contributed by atoms with van der Waals surface area (Å²) in [5.41, 5.74) is 3.13. The predicted molar refractivity (Wildman–Crippen MR) is 65.5 cm³/mol. The van der Waals surface area contributed by atoms with E-state index in [1.54, 1.807) is 6.92 Å². The summed E-state index contributed by atoms with van der Waals surface area (Å²) in [4.78, 5) is 22.8. The molecule has 0 heterocycles. The third-order valence-electron chi connectivity index (χ3n) is 2.62. The number of rotatable bonds is 5. The van der Waals surface area contributed by atoms with Crippen molar-refractivity contribution in [3.63, 3.8) is 0 Å². The van der Waals surface area contributed by atoms with Crippen molar-refractivity contribution in [1.29, 1.82) is 0 Å². The predicted octanol–water partition coefficient (Wildman–Crippen LogP) is 1.72. The Morgan fingerprint density at radius 3 is 2.35 bits per heavy atom. The van der Waals surface area contributed by atoms with Gasteiger partial charge in [-0.1, -0.05) is 0 Å². The molecule has 0 bridgehead atoms. The Labute approximate surface area is 112 Å². The molecule has 0 aliphatic carbocycles. The average Bonchev–Trinajstić information content (AvgIpc) is 2.33. The summed E-state index contributed by atoms with van der Waals surface area (Å²) in [7, 11) is 0. The number of amides is 1. The minimum atomic E-state index is -4.73. The summed E-state index contributed by atoms with van der Waals surface area (Å²) in [5, 5.41) is 8.75. The SMILES string of the molecule is CCN(CC(N)=O)c1ccc(C(=O)O)cc1C(F)(F)F. The third kappa shape index (κ3) is 3.62. The number of benzene rings is 1. The number of carboxylic acid groups (broad SMARTS) is 1. The van der Waals surface area contributed by atoms with E-state index in [-0.39, 0.29) is 18.8 Å². The summed E-state index contributed by atoms with van der Waals surface area (Å²) in [5.74, 6) is -2.23. The van der Waals surface area contributed by atoms with Gasteiger partial charge in [0.15, 0.2) is 0 Å². The van der Waals surface area contributed by atoms with Crippen LogP contribution < -0.4 is 10.6 Å². The second-order valence-corrected chi connectivity index (χ2v) is 4.02. The lowest BCUT2D eigenvalue weighted by molar-refractivity contribution is -0.137. The van der Waals surface area contributed by atoms with Crippen molar-refractivity contribution in [2.45, 2.75) is 13.1 Å². The van der Waals surface area contributed by atoms with Crippen LogP contribution in [0.2, 0.25) is 0 Å². The first-order valence-electron chi connectivity index (χ1n) is 5.64. The molecule has 0 fully saturated rings. The number of carbonyl (C=O) groups excluding carboxylic acids is 1. The highest BCUT2D eigenvalue weighted by molar-refractivity contribution is 5.89. The molecule has 0 saturated heterocycles. The van der Waals surface area contributed by atoms with E-state index in [0.29, 0.717) is 6.07 Å². The van der Waals surface area contributed by atoms with Crippen LogP contribution in [-0.2, 0) is 11.0 Å². The highest BCUT2D eigenvalue weighted by Gasteiger charge is 2.35. The number of carboxylic acids is 1. The van der Waals surface area contributed by atoms with Gasteiger partial charge in [-0.3, -0.25) is 4.79 Å². The van der Waals surface area contributed by atoms with Crippen LogP contribution in [0, 0.1) is 0 Å². The van der Waals surface area contributed by atoms with Crippen LogP contribution in [-0.4, -0.2) is 30.1 Å². The molecule has 1 aromatic carbocycles. The molecule has 3 N–H and O–H groups in total. The number of nitrogens with zero attached hydrogens (tertiary/aromatic N) is 1. The van der Waals surface area contributed by atoms with Crippen LogP contribution in [0.15, 0.2) is 18.2 Å². The maximum absolute atomic E-state index is 13.0. The zero-order valence-electron chi connectivity index (χ0n) is 10.6. The van der Waals surface area contributed by atoms with E-state index in [1.165, 1.54) is 0 Å². The number of alkyl halides is 3. The van der Waals surface area contributed by atoms with Crippen LogP contribution in [0.5, 0.6) is 0 Å². The molecule has 0 radical (unpaired) electrons. The maximum Gasteiger partial charge on any atom is 0.418 e. The monoisotopic (exact) mass is 290 g/mol. The Morgan fingerprint density at radius 2 is 1.95 bits per heavy atom. The number of likely N-dealkylation sites (N-methyl/N-ethyl adjacent to an activating group) is 1. The molecule has 0 spiro atoms. The van der Waals surface area contributed by atoms with Crippen LogP contribution in [0.3, 0.4) is 0 Å². The van der Waals surface area contributed by atoms with Gasteiger partial charge >= 0.3 is 12.1 Å². The molecule has 0 aromatic heterocycles. The van der Waals surface area contributed by atoms with Gasteiger partial charge in [-0.05, 0) is 25.1 Å². The molecule has 0 atom stereocenters. The van der Waals surface area contributed by atoms with Gasteiger partial charge in [0.25, 0.3) is 0 Å². The quantitative estimate of drug-likeness (QED) is 0.864. The minimum absolute atomic E-state index is 0.123. The maximum atomic E-state index is 13.0. The number of halogens is 3. The van der Waals surface area contributed by atoms with Gasteiger partial charge in [0, 0.05) is 12.2 Å². The Morgan fingerprint density at radius 1 is 1.35 bits per heavy atom. The molecule has 1 amide bonds. The molecule has 0 saturated carbocycles. The van der Waals surface area contributed by atoms with Crippen molar-refractivity contribution in [3.8, 4) is 0 Å². The number of primary amides is 1. The van der Waals surface area contributed by atoms with E-state index < -0.39 is 29.2 Å². The van der Waals surface area contributed by atoms with E-state index in [0.717, 1.165) is 17.0 Å². The van der Waals surface area contributed by atoms with E-state index in [2.05, 4.69) is 0 Å². The van der Waals surface area contributed by atoms with E-state index in [9.17, 15) is 22.8 Å². The Hall–Kier alpha value is -2.25. The van der Waals surface area contributed by atoms with Crippen molar-refractivity contribution in [1.82, 2.24) is 0 Å². The van der Waals surface area contributed by atoms with Crippen LogP contribution in [0.25, 0.3) is 0 Å². The fourth-order valence-corrected chi connectivity index (χ4v) is 1.73. The first-order valence-corrected chi connectivity index (χ1v) is 5.64. The smallest absolute Gasteiger partial charge is 0.418 e. The van der Waals surface area contributed by atoms with Crippen molar-refractivity contribution < 1.29 is 27.9 Å². The fourth-order valence-electron chi connectivity index (χ4n) is 1.73. The van der Waals surface area contributed by atoms with E-state index in [1.807, 2.05) is 0 Å². The fraction of sp³-hybridized carbons (Fsp3) is 0.333. The van der Waals surface area contributed by atoms with Crippen molar-refractivity contribution in [2.24, 2.45) is 5.73 Å². The number of hydrogen-bond acceptors (Lipinski definition) is 3. The molecule has 1 rings (SSSR count). The number of nitrogens with two attached hydrogens (primary N) is 1. The van der Waals surface area contributed by atoms with Crippen LogP contribution in [0.1, 0.15) is 22.8 Å². The highest BCUT2D eigenvalue weighted by Crippen LogP contribution is 2.37. The lowest BCUT2D eigenvalue weighted by atomic mass is 10.1. The van der Waals surface area contributed by atoms with Gasteiger partial charge in [-0.25, -0.2) is 4.79 Å². The van der Waals surface area contributed by atoms with Crippen LogP contribution in [0.4, 0.5) is 18.9 Å². The first-order chi connectivity index (χ1) is 9.16.